The molecule has 0 aliphatic rings. The molecule has 1 amide bonds. The summed E-state index contributed by atoms with van der Waals surface area (Å²) in [6.45, 7) is 5.03. The summed E-state index contributed by atoms with van der Waals surface area (Å²) in [5.41, 5.74) is 0.391. The van der Waals surface area contributed by atoms with Crippen molar-refractivity contribution in [3.05, 3.63) is 66.7 Å². The molecule has 0 heterocycles. The summed E-state index contributed by atoms with van der Waals surface area (Å²) in [5.74, 6) is -0.145. The zero-order chi connectivity index (χ0) is 17.0. The van der Waals surface area contributed by atoms with Gasteiger partial charge in [-0.25, -0.2) is 8.42 Å². The Morgan fingerprint density at radius 3 is 2.09 bits per heavy atom. The Morgan fingerprint density at radius 1 is 1.04 bits per heavy atom. The Labute approximate surface area is 135 Å². The second-order valence-electron chi connectivity index (χ2n) is 4.87. The average molecular weight is 331 g/mol. The van der Waals surface area contributed by atoms with Crippen molar-refractivity contribution in [2.45, 2.75) is 11.8 Å². The molecule has 0 unspecified atom stereocenters. The number of anilines is 1. The van der Waals surface area contributed by atoms with E-state index in [-0.39, 0.29) is 16.2 Å². The van der Waals surface area contributed by atoms with Crippen LogP contribution < -0.4 is 9.04 Å². The largest absolute Gasteiger partial charge is 0.497 e. The summed E-state index contributed by atoms with van der Waals surface area (Å²) < 4.78 is 31.6. The van der Waals surface area contributed by atoms with E-state index < -0.39 is 15.9 Å². The lowest BCUT2D eigenvalue weighted by molar-refractivity contribution is -0.113. The van der Waals surface area contributed by atoms with Crippen molar-refractivity contribution in [2.75, 3.05) is 11.4 Å². The van der Waals surface area contributed by atoms with Gasteiger partial charge >= 0.3 is 0 Å². The smallest absolute Gasteiger partial charge is 0.271 e. The minimum atomic E-state index is -4.06. The first-order chi connectivity index (χ1) is 10.9. The number of hydrogen-bond acceptors (Lipinski definition) is 4. The van der Waals surface area contributed by atoms with Crippen molar-refractivity contribution in [2.24, 2.45) is 0 Å². The minimum Gasteiger partial charge on any atom is -0.497 e. The standard InChI is InChI=1S/C17H17NO4S/c1-13(2)17(19)18(14-7-5-4-6-8-14)23(20,21)16-11-9-15(22-3)10-12-16/h4-12H,1H2,2-3H3. The number of carbonyl (C=O) groups excluding carboxylic acids is 1. The van der Waals surface area contributed by atoms with E-state index in [1.165, 1.54) is 38.3 Å². The molecule has 0 aliphatic heterocycles. The monoisotopic (exact) mass is 331 g/mol. The van der Waals surface area contributed by atoms with Crippen molar-refractivity contribution in [1.82, 2.24) is 0 Å². The fourth-order valence-corrected chi connectivity index (χ4v) is 3.42. The molecule has 2 rings (SSSR count). The van der Waals surface area contributed by atoms with Crippen LogP contribution in [-0.4, -0.2) is 21.4 Å². The molecule has 0 radical (unpaired) electrons. The molecule has 0 spiro atoms. The van der Waals surface area contributed by atoms with Crippen LogP contribution in [0.4, 0.5) is 5.69 Å². The molecule has 0 fully saturated rings. The van der Waals surface area contributed by atoms with Crippen LogP contribution in [0.5, 0.6) is 5.75 Å². The number of rotatable bonds is 5. The summed E-state index contributed by atoms with van der Waals surface area (Å²) in [6, 6.07) is 14.0. The van der Waals surface area contributed by atoms with Gasteiger partial charge in [0.05, 0.1) is 17.7 Å². The lowest BCUT2D eigenvalue weighted by Gasteiger charge is -2.22. The summed E-state index contributed by atoms with van der Waals surface area (Å²) in [4.78, 5) is 12.4. The Morgan fingerprint density at radius 2 is 1.61 bits per heavy atom. The maximum absolute atomic E-state index is 12.9. The van der Waals surface area contributed by atoms with Crippen molar-refractivity contribution < 1.29 is 17.9 Å². The second-order valence-corrected chi connectivity index (χ2v) is 6.65. The number of ether oxygens (including phenoxy) is 1. The number of carbonyl (C=O) groups is 1. The van der Waals surface area contributed by atoms with E-state index in [0.29, 0.717) is 5.75 Å². The van der Waals surface area contributed by atoms with Gasteiger partial charge in [0, 0.05) is 5.57 Å². The summed E-state index contributed by atoms with van der Waals surface area (Å²) >= 11 is 0. The van der Waals surface area contributed by atoms with Gasteiger partial charge < -0.3 is 4.74 Å². The van der Waals surface area contributed by atoms with E-state index in [9.17, 15) is 13.2 Å². The molecule has 0 atom stereocenters. The molecule has 0 saturated carbocycles. The maximum atomic E-state index is 12.9. The van der Waals surface area contributed by atoms with Crippen LogP contribution in [0.1, 0.15) is 6.92 Å². The highest BCUT2D eigenvalue weighted by Crippen LogP contribution is 2.26. The van der Waals surface area contributed by atoms with Gasteiger partial charge in [0.2, 0.25) is 0 Å². The first-order valence-electron chi connectivity index (χ1n) is 6.82. The molecule has 6 heteroatoms. The van der Waals surface area contributed by atoms with Gasteiger partial charge in [-0.05, 0) is 43.3 Å². The van der Waals surface area contributed by atoms with E-state index in [4.69, 9.17) is 4.74 Å². The lowest BCUT2D eigenvalue weighted by atomic mass is 10.3. The highest BCUT2D eigenvalue weighted by molar-refractivity contribution is 7.93. The Bertz CT molecular complexity index is 811. The molecule has 0 aromatic heterocycles. The highest BCUT2D eigenvalue weighted by Gasteiger charge is 2.31. The quantitative estimate of drug-likeness (QED) is 0.790. The molecule has 2 aromatic rings. The molecule has 0 N–H and O–H groups in total. The van der Waals surface area contributed by atoms with E-state index in [1.807, 2.05) is 0 Å². The third-order valence-electron chi connectivity index (χ3n) is 3.14. The van der Waals surface area contributed by atoms with Crippen molar-refractivity contribution in [3.63, 3.8) is 0 Å². The molecule has 23 heavy (non-hydrogen) atoms. The molecule has 0 aliphatic carbocycles. The van der Waals surface area contributed by atoms with Crippen LogP contribution >= 0.6 is 0 Å². The highest BCUT2D eigenvalue weighted by atomic mass is 32.2. The van der Waals surface area contributed by atoms with E-state index in [1.54, 1.807) is 30.3 Å². The first-order valence-corrected chi connectivity index (χ1v) is 8.26. The molecule has 5 nitrogen and oxygen atoms in total. The second kappa shape index (κ2) is 6.66. The van der Waals surface area contributed by atoms with Crippen LogP contribution in [0.15, 0.2) is 71.6 Å². The number of methoxy groups -OCH3 is 1. The summed E-state index contributed by atoms with van der Waals surface area (Å²) in [5, 5.41) is 0. The molecule has 120 valence electrons. The third-order valence-corrected chi connectivity index (χ3v) is 4.86. The van der Waals surface area contributed by atoms with Crippen LogP contribution in [0, 0.1) is 0 Å². The number of para-hydroxylation sites is 1. The van der Waals surface area contributed by atoms with Gasteiger partial charge in [0.25, 0.3) is 15.9 Å². The Hall–Kier alpha value is -2.60. The summed E-state index contributed by atoms with van der Waals surface area (Å²) in [6.07, 6.45) is 0. The number of amides is 1. The van der Waals surface area contributed by atoms with E-state index in [0.717, 1.165) is 4.31 Å². The molecule has 2 aromatic carbocycles. The van der Waals surface area contributed by atoms with Crippen molar-refractivity contribution in [1.29, 1.82) is 0 Å². The Balaban J connectivity index is 2.57. The zero-order valence-electron chi connectivity index (χ0n) is 12.9. The maximum Gasteiger partial charge on any atom is 0.271 e. The van der Waals surface area contributed by atoms with Crippen LogP contribution in [0.25, 0.3) is 0 Å². The lowest BCUT2D eigenvalue weighted by Crippen LogP contribution is -2.37. The zero-order valence-corrected chi connectivity index (χ0v) is 13.7. The van der Waals surface area contributed by atoms with Gasteiger partial charge in [-0.15, -0.1) is 0 Å². The fraction of sp³-hybridized carbons (Fsp3) is 0.118. The predicted molar refractivity (Wildman–Crippen MR) is 88.9 cm³/mol. The topological polar surface area (TPSA) is 63.7 Å². The van der Waals surface area contributed by atoms with Gasteiger partial charge in [-0.3, -0.25) is 4.79 Å². The normalized spacial score (nSPS) is 10.9. The third kappa shape index (κ3) is 3.43. The SMILES string of the molecule is C=C(C)C(=O)N(c1ccccc1)S(=O)(=O)c1ccc(OC)cc1. The fourth-order valence-electron chi connectivity index (χ4n) is 1.96. The molecular formula is C17H17NO4S. The van der Waals surface area contributed by atoms with Crippen molar-refractivity contribution in [3.8, 4) is 5.75 Å². The first kappa shape index (κ1) is 16.8. The van der Waals surface area contributed by atoms with E-state index >= 15 is 0 Å². The number of hydrogen-bond donors (Lipinski definition) is 0. The minimum absolute atomic E-state index is 0.00301. The van der Waals surface area contributed by atoms with Crippen LogP contribution in [0.3, 0.4) is 0 Å². The van der Waals surface area contributed by atoms with Crippen molar-refractivity contribution >= 4 is 21.6 Å². The van der Waals surface area contributed by atoms with Gasteiger partial charge in [-0.1, -0.05) is 24.8 Å². The molecule has 0 bridgehead atoms. The Kier molecular flexibility index (Phi) is 4.86. The predicted octanol–water partition coefficient (Wildman–Crippen LogP) is 2.99. The summed E-state index contributed by atoms with van der Waals surface area (Å²) in [7, 11) is -2.57. The molecule has 0 saturated heterocycles. The van der Waals surface area contributed by atoms with Crippen LogP contribution in [0.2, 0.25) is 0 Å². The number of sulfonamides is 1. The van der Waals surface area contributed by atoms with Gasteiger partial charge in [0.1, 0.15) is 5.75 Å². The average Bonchev–Trinajstić information content (AvgIpc) is 2.55. The van der Waals surface area contributed by atoms with Crippen LogP contribution in [-0.2, 0) is 14.8 Å². The van der Waals surface area contributed by atoms with Gasteiger partial charge in [0.15, 0.2) is 0 Å². The number of nitrogens with zero attached hydrogens (tertiary/aromatic N) is 1. The van der Waals surface area contributed by atoms with Gasteiger partial charge in [-0.2, -0.15) is 4.31 Å². The molecular weight excluding hydrogens is 314 g/mol. The number of benzene rings is 2. The van der Waals surface area contributed by atoms with E-state index in [2.05, 4.69) is 6.58 Å².